The standard InChI is InChI=1S/C25H23F3N4O3/c26-25(27,28)21-20(35-22(31-21)17-4-2-1-3-5-17)18(33)14-16-6-7-19(30-15-16)32-12-9-24(10-13-32)8-11-29-23(24)34/h1-7,15H,8-14H2,(H,29,34). The second-order valence-electron chi connectivity index (χ2n) is 8.96. The monoisotopic (exact) mass is 484 g/mol. The Morgan fingerprint density at radius 1 is 1.09 bits per heavy atom. The highest BCUT2D eigenvalue weighted by molar-refractivity contribution is 5.96. The van der Waals surface area contributed by atoms with Crippen LogP contribution in [0.4, 0.5) is 19.0 Å². The number of carbonyl (C=O) groups is 2. The third-order valence-corrected chi connectivity index (χ3v) is 6.76. The van der Waals surface area contributed by atoms with Crippen molar-refractivity contribution in [3.63, 3.8) is 0 Å². The SMILES string of the molecule is O=C(Cc1ccc(N2CCC3(CCNC3=O)CC2)nc1)c1oc(-c2ccccc2)nc1C(F)(F)F. The number of halogens is 3. The smallest absolute Gasteiger partial charge is 0.432 e. The number of hydrogen-bond acceptors (Lipinski definition) is 6. The van der Waals surface area contributed by atoms with Gasteiger partial charge in [-0.25, -0.2) is 9.97 Å². The van der Waals surface area contributed by atoms with Crippen LogP contribution in [-0.4, -0.2) is 41.3 Å². The lowest BCUT2D eigenvalue weighted by atomic mass is 9.77. The molecule has 7 nitrogen and oxygen atoms in total. The molecule has 0 saturated carbocycles. The number of rotatable bonds is 5. The van der Waals surface area contributed by atoms with E-state index in [-0.39, 0.29) is 23.6 Å². The molecule has 1 N–H and O–H groups in total. The van der Waals surface area contributed by atoms with E-state index in [0.717, 1.165) is 19.3 Å². The van der Waals surface area contributed by atoms with E-state index in [2.05, 4.69) is 20.2 Å². The van der Waals surface area contributed by atoms with Crippen LogP contribution >= 0.6 is 0 Å². The number of nitrogens with zero attached hydrogens (tertiary/aromatic N) is 3. The van der Waals surface area contributed by atoms with Gasteiger partial charge in [0.05, 0.1) is 5.41 Å². The number of amides is 1. The number of anilines is 1. The van der Waals surface area contributed by atoms with E-state index in [4.69, 9.17) is 4.42 Å². The van der Waals surface area contributed by atoms with Crippen LogP contribution in [0, 0.1) is 5.41 Å². The number of oxazole rings is 1. The van der Waals surface area contributed by atoms with Crippen LogP contribution in [0.5, 0.6) is 0 Å². The Hall–Kier alpha value is -3.69. The number of benzene rings is 1. The van der Waals surface area contributed by atoms with Crippen LogP contribution in [0.25, 0.3) is 11.5 Å². The highest BCUT2D eigenvalue weighted by Crippen LogP contribution is 2.39. The fourth-order valence-electron chi connectivity index (χ4n) is 4.74. The molecule has 182 valence electrons. The van der Waals surface area contributed by atoms with Crippen molar-refractivity contribution in [1.29, 1.82) is 0 Å². The van der Waals surface area contributed by atoms with Crippen LogP contribution in [-0.2, 0) is 17.4 Å². The molecule has 2 aromatic heterocycles. The minimum Gasteiger partial charge on any atom is -0.432 e. The van der Waals surface area contributed by atoms with Gasteiger partial charge in [0.25, 0.3) is 0 Å². The molecule has 2 saturated heterocycles. The lowest BCUT2D eigenvalue weighted by Crippen LogP contribution is -2.44. The maximum atomic E-state index is 13.6. The minimum absolute atomic E-state index is 0.125. The van der Waals surface area contributed by atoms with E-state index >= 15 is 0 Å². The summed E-state index contributed by atoms with van der Waals surface area (Å²) in [7, 11) is 0. The summed E-state index contributed by atoms with van der Waals surface area (Å²) in [6.07, 6.45) is -1.30. The van der Waals surface area contributed by atoms with Gasteiger partial charge in [-0.3, -0.25) is 9.59 Å². The quantitative estimate of drug-likeness (QED) is 0.544. The van der Waals surface area contributed by atoms with Crippen molar-refractivity contribution in [1.82, 2.24) is 15.3 Å². The number of pyridine rings is 1. The van der Waals surface area contributed by atoms with Gasteiger partial charge in [0, 0.05) is 37.8 Å². The first kappa shape index (κ1) is 23.1. The first-order chi connectivity index (χ1) is 16.7. The molecular weight excluding hydrogens is 461 g/mol. The van der Waals surface area contributed by atoms with E-state index in [1.807, 2.05) is 0 Å². The average Bonchev–Trinajstić information content (AvgIpc) is 3.46. The Morgan fingerprint density at radius 2 is 1.83 bits per heavy atom. The summed E-state index contributed by atoms with van der Waals surface area (Å²) in [4.78, 5) is 35.0. The zero-order chi connectivity index (χ0) is 24.6. The molecule has 0 bridgehead atoms. The number of ketones is 1. The molecule has 0 aliphatic carbocycles. The fraction of sp³-hybridized carbons (Fsp3) is 0.360. The van der Waals surface area contributed by atoms with Crippen molar-refractivity contribution in [2.45, 2.75) is 31.9 Å². The third kappa shape index (κ3) is 4.52. The first-order valence-electron chi connectivity index (χ1n) is 11.4. The van der Waals surface area contributed by atoms with Crippen LogP contribution in [0.15, 0.2) is 53.1 Å². The predicted octanol–water partition coefficient (Wildman–Crippen LogP) is 4.29. The molecule has 0 radical (unpaired) electrons. The second kappa shape index (κ2) is 8.83. The maximum absolute atomic E-state index is 13.6. The van der Waals surface area contributed by atoms with Crippen molar-refractivity contribution < 1.29 is 27.2 Å². The summed E-state index contributed by atoms with van der Waals surface area (Å²) in [6.45, 7) is 2.09. The zero-order valence-electron chi connectivity index (χ0n) is 18.8. The van der Waals surface area contributed by atoms with Crippen molar-refractivity contribution in [3.05, 3.63) is 65.7 Å². The topological polar surface area (TPSA) is 88.3 Å². The predicted molar refractivity (Wildman–Crippen MR) is 121 cm³/mol. The van der Waals surface area contributed by atoms with E-state index < -0.39 is 23.4 Å². The highest BCUT2D eigenvalue weighted by atomic mass is 19.4. The molecule has 5 rings (SSSR count). The molecule has 1 amide bonds. The number of nitrogens with one attached hydrogen (secondary N) is 1. The Bertz CT molecular complexity index is 1230. The van der Waals surface area contributed by atoms with Gasteiger partial charge >= 0.3 is 6.18 Å². The molecule has 2 fully saturated rings. The maximum Gasteiger partial charge on any atom is 0.437 e. The lowest BCUT2D eigenvalue weighted by molar-refractivity contribution is -0.141. The average molecular weight is 484 g/mol. The number of carbonyl (C=O) groups excluding carboxylic acids is 2. The normalized spacial score (nSPS) is 17.6. The summed E-state index contributed by atoms with van der Waals surface area (Å²) in [5.74, 6) is -1.06. The van der Waals surface area contributed by atoms with Crippen molar-refractivity contribution >= 4 is 17.5 Å². The molecule has 2 aliphatic heterocycles. The fourth-order valence-corrected chi connectivity index (χ4v) is 4.74. The molecule has 0 atom stereocenters. The van der Waals surface area contributed by atoms with Crippen LogP contribution in [0.1, 0.15) is 41.1 Å². The number of piperidine rings is 1. The third-order valence-electron chi connectivity index (χ3n) is 6.76. The van der Waals surface area contributed by atoms with Gasteiger partial charge in [0.2, 0.25) is 23.3 Å². The molecule has 1 spiro atoms. The Morgan fingerprint density at radius 3 is 2.43 bits per heavy atom. The largest absolute Gasteiger partial charge is 0.437 e. The molecule has 1 aromatic carbocycles. The summed E-state index contributed by atoms with van der Waals surface area (Å²) >= 11 is 0. The summed E-state index contributed by atoms with van der Waals surface area (Å²) < 4.78 is 45.9. The van der Waals surface area contributed by atoms with E-state index in [9.17, 15) is 22.8 Å². The molecule has 10 heteroatoms. The number of Topliss-reactive ketones (excluding diaryl/α,β-unsaturated/α-hetero) is 1. The first-order valence-corrected chi connectivity index (χ1v) is 11.4. The van der Waals surface area contributed by atoms with Gasteiger partial charge in [-0.15, -0.1) is 0 Å². The molecule has 3 aromatic rings. The lowest BCUT2D eigenvalue weighted by Gasteiger charge is -2.37. The zero-order valence-corrected chi connectivity index (χ0v) is 18.8. The number of aromatic nitrogens is 2. The summed E-state index contributed by atoms with van der Waals surface area (Å²) in [6, 6.07) is 11.5. The Balaban J connectivity index is 1.29. The van der Waals surface area contributed by atoms with Crippen molar-refractivity contribution in [2.75, 3.05) is 24.5 Å². The van der Waals surface area contributed by atoms with Crippen molar-refractivity contribution in [2.24, 2.45) is 5.41 Å². The van der Waals surface area contributed by atoms with Gasteiger partial charge in [0.15, 0.2) is 5.69 Å². The Kier molecular flexibility index (Phi) is 5.82. The van der Waals surface area contributed by atoms with Gasteiger partial charge in [-0.05, 0) is 43.0 Å². The van der Waals surface area contributed by atoms with E-state index in [1.54, 1.807) is 42.5 Å². The molecule has 4 heterocycles. The van der Waals surface area contributed by atoms with Crippen LogP contribution < -0.4 is 10.2 Å². The minimum atomic E-state index is -4.83. The van der Waals surface area contributed by atoms with Crippen LogP contribution in [0.3, 0.4) is 0 Å². The summed E-state index contributed by atoms with van der Waals surface area (Å²) in [5, 5.41) is 2.91. The van der Waals surface area contributed by atoms with Gasteiger partial charge in [-0.1, -0.05) is 24.3 Å². The van der Waals surface area contributed by atoms with Gasteiger partial charge < -0.3 is 14.6 Å². The molecule has 35 heavy (non-hydrogen) atoms. The highest BCUT2D eigenvalue weighted by Gasteiger charge is 2.44. The molecule has 0 unspecified atom stereocenters. The molecule has 2 aliphatic rings. The van der Waals surface area contributed by atoms with E-state index in [1.165, 1.54) is 6.20 Å². The van der Waals surface area contributed by atoms with E-state index in [0.29, 0.717) is 36.6 Å². The van der Waals surface area contributed by atoms with Crippen LogP contribution in [0.2, 0.25) is 0 Å². The number of hydrogen-bond donors (Lipinski definition) is 1. The number of alkyl halides is 3. The van der Waals surface area contributed by atoms with Gasteiger partial charge in [0.1, 0.15) is 5.82 Å². The van der Waals surface area contributed by atoms with Crippen molar-refractivity contribution in [3.8, 4) is 11.5 Å². The Labute approximate surface area is 199 Å². The van der Waals surface area contributed by atoms with Gasteiger partial charge in [-0.2, -0.15) is 13.2 Å². The second-order valence-corrected chi connectivity index (χ2v) is 8.96. The molecular formula is C25H23F3N4O3. The summed E-state index contributed by atoms with van der Waals surface area (Å²) in [5.41, 5.74) is -0.798.